The first-order chi connectivity index (χ1) is 36.4. The summed E-state index contributed by atoms with van der Waals surface area (Å²) in [5.74, 6) is -5.67. The zero-order valence-electron chi connectivity index (χ0n) is 45.3. The number of benzene rings is 2. The molecule has 2 aromatic rings. The monoisotopic (exact) mass is 1080 g/mol. The number of nitrogens with two attached hydrogens (primary N) is 7. The highest BCUT2D eigenvalue weighted by Crippen LogP contribution is 2.21. The Morgan fingerprint density at radius 1 is 0.662 bits per heavy atom. The van der Waals surface area contributed by atoms with Gasteiger partial charge in [-0.1, -0.05) is 52.3 Å². The Bertz CT molecular complexity index is 2310. The van der Waals surface area contributed by atoms with Crippen molar-refractivity contribution in [1.29, 1.82) is 0 Å². The first-order valence-corrected chi connectivity index (χ1v) is 26.7. The summed E-state index contributed by atoms with van der Waals surface area (Å²) in [5.41, 5.74) is 43.1. The lowest BCUT2D eigenvalue weighted by atomic mass is 9.96. The molecule has 428 valence electrons. The zero-order chi connectivity index (χ0) is 57.4. The fourth-order valence-electron chi connectivity index (χ4n) is 8.92. The van der Waals surface area contributed by atoms with Crippen molar-refractivity contribution >= 4 is 53.3 Å². The van der Waals surface area contributed by atoms with Crippen LogP contribution in [0.25, 0.3) is 0 Å². The molecule has 3 rings (SSSR count). The van der Waals surface area contributed by atoms with Gasteiger partial charge in [0, 0.05) is 57.8 Å². The number of guanidine groups is 1. The minimum Gasteiger partial charge on any atom is -0.508 e. The number of aliphatic carboxylic acids is 1. The van der Waals surface area contributed by atoms with Crippen LogP contribution in [0.5, 0.6) is 5.75 Å². The van der Waals surface area contributed by atoms with Gasteiger partial charge in [-0.05, 0) is 124 Å². The van der Waals surface area contributed by atoms with Gasteiger partial charge in [-0.2, -0.15) is 0 Å². The largest absolute Gasteiger partial charge is 0.508 e. The molecule has 24 heteroatoms. The average molecular weight is 1080 g/mol. The number of aromatic hydroxyl groups is 1. The van der Waals surface area contributed by atoms with Gasteiger partial charge in [0.05, 0.1) is 18.1 Å². The third-order valence-corrected chi connectivity index (χ3v) is 13.4. The van der Waals surface area contributed by atoms with Crippen LogP contribution in [0.3, 0.4) is 0 Å². The summed E-state index contributed by atoms with van der Waals surface area (Å²) in [6.07, 6.45) is 2.42. The van der Waals surface area contributed by atoms with Crippen molar-refractivity contribution in [3.8, 4) is 5.75 Å². The van der Waals surface area contributed by atoms with Gasteiger partial charge < -0.3 is 81.0 Å². The van der Waals surface area contributed by atoms with E-state index in [2.05, 4.69) is 20.9 Å². The number of hydrogen-bond acceptors (Lipinski definition) is 14. The van der Waals surface area contributed by atoms with E-state index in [4.69, 9.17) is 40.1 Å². The van der Waals surface area contributed by atoms with Crippen LogP contribution in [0.2, 0.25) is 0 Å². The lowest BCUT2D eigenvalue weighted by Crippen LogP contribution is -2.56. The number of phenols is 1. The number of primary amides is 1. The van der Waals surface area contributed by atoms with Crippen LogP contribution in [-0.2, 0) is 53.1 Å². The topological polar surface area (TPSA) is 417 Å². The molecule has 19 N–H and O–H groups in total. The van der Waals surface area contributed by atoms with E-state index >= 15 is 0 Å². The van der Waals surface area contributed by atoms with E-state index in [1.165, 1.54) is 28.0 Å². The van der Waals surface area contributed by atoms with Crippen LogP contribution in [0.4, 0.5) is 0 Å². The van der Waals surface area contributed by atoms with Gasteiger partial charge in [0.15, 0.2) is 5.96 Å². The Labute approximate surface area is 452 Å². The molecular formula is C53H86N14O10. The van der Waals surface area contributed by atoms with Crippen molar-refractivity contribution in [2.45, 2.75) is 154 Å². The number of nitrogens with one attached hydrogen (secondary N) is 3. The fraction of sp³-hybridized carbons (Fsp3) is 0.604. The number of fused-ring (bicyclic) bond motifs is 2. The summed E-state index contributed by atoms with van der Waals surface area (Å²) in [4.78, 5) is 118. The summed E-state index contributed by atoms with van der Waals surface area (Å²) < 4.78 is 0. The van der Waals surface area contributed by atoms with E-state index in [0.29, 0.717) is 48.9 Å². The molecule has 0 spiro atoms. The number of aliphatic imine (C=N–C) groups is 1. The number of nitrogens with zero attached hydrogens (tertiary/aromatic N) is 4. The summed E-state index contributed by atoms with van der Waals surface area (Å²) in [5, 5.41) is 27.5. The van der Waals surface area contributed by atoms with Gasteiger partial charge >= 0.3 is 5.97 Å². The van der Waals surface area contributed by atoms with Gasteiger partial charge in [-0.3, -0.25) is 43.3 Å². The third-order valence-electron chi connectivity index (χ3n) is 13.4. The SMILES string of the molecule is CC[C@H](C)[C@H](NC(=O)[C@@H](N)CCCN=C(N)N)C(=O)N1CCCN(C(=O)[C@H](CCCCN)NC(=O)[C@@H](N)CCC(=O)O)Cc2cc(cc(C(N)=O)c2)CN(C(=O)[C@H](CC(C)C)NC(=O)[C@@H](N)Cc2ccc(O)cc2)CCC1. The summed E-state index contributed by atoms with van der Waals surface area (Å²) in [7, 11) is 0. The van der Waals surface area contributed by atoms with Gasteiger partial charge in [0.25, 0.3) is 0 Å². The van der Waals surface area contributed by atoms with Crippen molar-refractivity contribution in [2.75, 3.05) is 39.3 Å². The van der Waals surface area contributed by atoms with Crippen LogP contribution in [0, 0.1) is 11.8 Å². The van der Waals surface area contributed by atoms with Crippen molar-refractivity contribution < 1.29 is 48.6 Å². The smallest absolute Gasteiger partial charge is 0.303 e. The van der Waals surface area contributed by atoms with Crippen molar-refractivity contribution in [3.63, 3.8) is 0 Å². The van der Waals surface area contributed by atoms with Crippen molar-refractivity contribution in [1.82, 2.24) is 30.7 Å². The van der Waals surface area contributed by atoms with E-state index in [0.717, 1.165) is 0 Å². The number of unbranched alkanes of at least 4 members (excludes halogenated alkanes) is 1. The van der Waals surface area contributed by atoms with Gasteiger partial charge in [-0.25, -0.2) is 0 Å². The van der Waals surface area contributed by atoms with Crippen LogP contribution in [0.15, 0.2) is 47.5 Å². The van der Waals surface area contributed by atoms with Crippen molar-refractivity contribution in [2.24, 2.45) is 57.0 Å². The molecule has 0 aromatic heterocycles. The molecule has 0 unspecified atom stereocenters. The molecule has 1 heterocycles. The van der Waals surface area contributed by atoms with E-state index in [-0.39, 0.29) is 126 Å². The standard InChI is InChI=1S/C53H86N14O10/c1-5-33(4)45(64-48(73)39(55)11-8-20-61-53(59)60)52(77)65-21-9-23-66(50(75)42(12-6-7-19-54)62-47(72)40(56)17-18-44(69)70)30-35-26-36(28-37(27-35)46(58)71)31-67(24-10-22-65)51(76)43(25-32(2)3)63-49(74)41(57)29-34-13-15-38(68)16-14-34/h13-16,26-28,32-33,39-43,45,68H,5-12,17-25,29-31,54-57H2,1-4H3,(H2,58,71)(H,62,72)(H,63,74)(H,64,73)(H,69,70)(H4,59,60,61)/t33-,39-,40-,41-,42-,43-,45-/m0/s1. The molecule has 2 bridgehead atoms. The number of carboxylic acid groups (broad SMARTS) is 1. The Hall–Kier alpha value is -6.89. The van der Waals surface area contributed by atoms with Crippen LogP contribution in [-0.4, -0.2) is 154 Å². The molecule has 0 aliphatic carbocycles. The number of carboxylic acids is 1. The van der Waals surface area contributed by atoms with E-state index in [1.807, 2.05) is 27.7 Å². The predicted molar refractivity (Wildman–Crippen MR) is 292 cm³/mol. The van der Waals surface area contributed by atoms with Crippen LogP contribution >= 0.6 is 0 Å². The lowest BCUT2D eigenvalue weighted by molar-refractivity contribution is -0.140. The maximum atomic E-state index is 15.0. The van der Waals surface area contributed by atoms with Gasteiger partial charge in [0.1, 0.15) is 23.9 Å². The second-order valence-corrected chi connectivity index (χ2v) is 20.4. The molecule has 0 fully saturated rings. The Morgan fingerprint density at radius 3 is 1.73 bits per heavy atom. The Kier molecular flexibility index (Phi) is 27.3. The molecule has 7 amide bonds. The van der Waals surface area contributed by atoms with Gasteiger partial charge in [-0.15, -0.1) is 0 Å². The highest BCUT2D eigenvalue weighted by atomic mass is 16.4. The predicted octanol–water partition coefficient (Wildman–Crippen LogP) is -0.411. The maximum Gasteiger partial charge on any atom is 0.303 e. The third kappa shape index (κ3) is 22.3. The number of carbonyl (C=O) groups is 8. The molecule has 2 aromatic carbocycles. The van der Waals surface area contributed by atoms with E-state index in [9.17, 15) is 48.6 Å². The second-order valence-electron chi connectivity index (χ2n) is 20.4. The number of amides is 7. The first-order valence-electron chi connectivity index (χ1n) is 26.7. The minimum atomic E-state index is -1.23. The second kappa shape index (κ2) is 32.6. The first kappa shape index (κ1) is 64.4. The molecular weight excluding hydrogens is 993 g/mol. The van der Waals surface area contributed by atoms with Crippen molar-refractivity contribution in [3.05, 3.63) is 64.7 Å². The van der Waals surface area contributed by atoms with E-state index in [1.54, 1.807) is 29.2 Å². The fourth-order valence-corrected chi connectivity index (χ4v) is 8.92. The highest BCUT2D eigenvalue weighted by Gasteiger charge is 2.34. The molecule has 0 saturated carbocycles. The molecule has 0 saturated heterocycles. The highest BCUT2D eigenvalue weighted by molar-refractivity contribution is 5.94. The lowest BCUT2D eigenvalue weighted by Gasteiger charge is -2.34. The minimum absolute atomic E-state index is 0.0319. The van der Waals surface area contributed by atoms with E-state index < -0.39 is 83.6 Å². The molecule has 77 heavy (non-hydrogen) atoms. The summed E-state index contributed by atoms with van der Waals surface area (Å²) >= 11 is 0. The summed E-state index contributed by atoms with van der Waals surface area (Å²) in [6.45, 7) is 8.08. The van der Waals surface area contributed by atoms with Gasteiger partial charge in [0.2, 0.25) is 41.4 Å². The molecule has 0 radical (unpaired) electrons. The van der Waals surface area contributed by atoms with Crippen LogP contribution < -0.4 is 56.1 Å². The number of hydrogen-bond donors (Lipinski definition) is 12. The molecule has 7 atom stereocenters. The molecule has 1 aliphatic rings. The number of carbonyl (C=O) groups excluding carboxylic acids is 7. The molecule has 1 aliphatic heterocycles. The average Bonchev–Trinajstić information content (AvgIpc) is 3.38. The number of rotatable bonds is 27. The summed E-state index contributed by atoms with van der Waals surface area (Å²) in [6, 6.07) is 4.59. The number of phenolic OH excluding ortho intramolecular Hbond substituents is 1. The Balaban J connectivity index is 2.16. The zero-order valence-corrected chi connectivity index (χ0v) is 45.3. The van der Waals surface area contributed by atoms with Crippen LogP contribution in [0.1, 0.15) is 125 Å². The quantitative estimate of drug-likeness (QED) is 0.0307. The Morgan fingerprint density at radius 2 is 1.19 bits per heavy atom. The normalized spacial score (nSPS) is 16.1. The maximum absolute atomic E-state index is 15.0. The molecule has 24 nitrogen and oxygen atoms in total.